The van der Waals surface area contributed by atoms with Crippen LogP contribution in [-0.2, 0) is 0 Å². The first-order valence-electron chi connectivity index (χ1n) is 5.21. The summed E-state index contributed by atoms with van der Waals surface area (Å²) in [6.07, 6.45) is 3.36. The standard InChI is InChI=1S/C11H13N3O3/c1-2-3-8-12-13-11(15)9-4-6-10(7-5-9)14(16)17/h4-8H,2-3H2,1H3,(H,13,15)/b12-8-. The summed E-state index contributed by atoms with van der Waals surface area (Å²) in [5, 5.41) is 14.1. The first-order valence-corrected chi connectivity index (χ1v) is 5.21. The molecular weight excluding hydrogens is 222 g/mol. The van der Waals surface area contributed by atoms with E-state index in [2.05, 4.69) is 10.5 Å². The van der Waals surface area contributed by atoms with Gasteiger partial charge in [0.2, 0.25) is 0 Å². The minimum Gasteiger partial charge on any atom is -0.267 e. The molecule has 1 aromatic rings. The Balaban J connectivity index is 2.60. The van der Waals surface area contributed by atoms with E-state index in [1.165, 1.54) is 24.3 Å². The van der Waals surface area contributed by atoms with Crippen molar-refractivity contribution in [3.05, 3.63) is 39.9 Å². The van der Waals surface area contributed by atoms with Crippen LogP contribution in [0.5, 0.6) is 0 Å². The summed E-state index contributed by atoms with van der Waals surface area (Å²) in [7, 11) is 0. The molecule has 1 rings (SSSR count). The van der Waals surface area contributed by atoms with Crippen LogP contribution in [0.2, 0.25) is 0 Å². The highest BCUT2D eigenvalue weighted by Crippen LogP contribution is 2.11. The van der Waals surface area contributed by atoms with Crippen molar-refractivity contribution in [3.8, 4) is 0 Å². The lowest BCUT2D eigenvalue weighted by Gasteiger charge is -1.98. The van der Waals surface area contributed by atoms with Crippen LogP contribution < -0.4 is 5.43 Å². The number of non-ortho nitro benzene ring substituents is 1. The summed E-state index contributed by atoms with van der Waals surface area (Å²) in [6.45, 7) is 2.00. The molecule has 0 aliphatic rings. The lowest BCUT2D eigenvalue weighted by molar-refractivity contribution is -0.384. The predicted molar refractivity (Wildman–Crippen MR) is 64.0 cm³/mol. The van der Waals surface area contributed by atoms with Crippen LogP contribution in [0.3, 0.4) is 0 Å². The Morgan fingerprint density at radius 3 is 2.65 bits per heavy atom. The van der Waals surface area contributed by atoms with Crippen LogP contribution in [0.1, 0.15) is 30.1 Å². The van der Waals surface area contributed by atoms with Crippen molar-refractivity contribution < 1.29 is 9.72 Å². The molecule has 0 spiro atoms. The lowest BCUT2D eigenvalue weighted by atomic mass is 10.2. The van der Waals surface area contributed by atoms with Gasteiger partial charge in [-0.1, -0.05) is 13.3 Å². The van der Waals surface area contributed by atoms with Gasteiger partial charge >= 0.3 is 0 Å². The summed E-state index contributed by atoms with van der Waals surface area (Å²) in [5.74, 6) is -0.382. The molecule has 6 nitrogen and oxygen atoms in total. The Kier molecular flexibility index (Phi) is 4.80. The lowest BCUT2D eigenvalue weighted by Crippen LogP contribution is -2.17. The number of nitro groups is 1. The number of amides is 1. The van der Waals surface area contributed by atoms with E-state index in [1.54, 1.807) is 6.21 Å². The summed E-state index contributed by atoms with van der Waals surface area (Å²) in [5.41, 5.74) is 2.64. The molecule has 0 aliphatic carbocycles. The summed E-state index contributed by atoms with van der Waals surface area (Å²) in [4.78, 5) is 21.4. The fraction of sp³-hybridized carbons (Fsp3) is 0.273. The van der Waals surface area contributed by atoms with E-state index in [-0.39, 0.29) is 11.6 Å². The van der Waals surface area contributed by atoms with Crippen LogP contribution in [0.25, 0.3) is 0 Å². The zero-order chi connectivity index (χ0) is 12.7. The third-order valence-corrected chi connectivity index (χ3v) is 2.02. The maximum atomic E-state index is 11.5. The fourth-order valence-electron chi connectivity index (χ4n) is 1.10. The van der Waals surface area contributed by atoms with Crippen molar-refractivity contribution in [1.29, 1.82) is 0 Å². The van der Waals surface area contributed by atoms with Gasteiger partial charge in [0.1, 0.15) is 0 Å². The molecule has 1 amide bonds. The second-order valence-corrected chi connectivity index (χ2v) is 3.35. The van der Waals surface area contributed by atoms with Crippen LogP contribution in [0.15, 0.2) is 29.4 Å². The molecule has 1 N–H and O–H groups in total. The third-order valence-electron chi connectivity index (χ3n) is 2.02. The first kappa shape index (κ1) is 12.8. The predicted octanol–water partition coefficient (Wildman–Crippen LogP) is 2.11. The molecule has 17 heavy (non-hydrogen) atoms. The van der Waals surface area contributed by atoms with Gasteiger partial charge in [-0.05, 0) is 18.6 Å². The van der Waals surface area contributed by atoms with Crippen LogP contribution in [-0.4, -0.2) is 17.0 Å². The number of carbonyl (C=O) groups excluding carboxylic acids is 1. The monoisotopic (exact) mass is 235 g/mol. The smallest absolute Gasteiger partial charge is 0.267 e. The molecule has 0 fully saturated rings. The topological polar surface area (TPSA) is 84.6 Å². The van der Waals surface area contributed by atoms with E-state index in [1.807, 2.05) is 6.92 Å². The molecule has 0 aliphatic heterocycles. The molecule has 0 heterocycles. The normalized spacial score (nSPS) is 10.4. The molecule has 0 bridgehead atoms. The molecule has 0 radical (unpaired) electrons. The maximum absolute atomic E-state index is 11.5. The summed E-state index contributed by atoms with van der Waals surface area (Å²) < 4.78 is 0. The van der Waals surface area contributed by atoms with Crippen molar-refractivity contribution >= 4 is 17.8 Å². The van der Waals surface area contributed by atoms with E-state index < -0.39 is 4.92 Å². The largest absolute Gasteiger partial charge is 0.271 e. The number of hydrogen-bond donors (Lipinski definition) is 1. The first-order chi connectivity index (χ1) is 8.15. The van der Waals surface area contributed by atoms with E-state index in [9.17, 15) is 14.9 Å². The average molecular weight is 235 g/mol. The van der Waals surface area contributed by atoms with Crippen molar-refractivity contribution in [2.24, 2.45) is 5.10 Å². The molecule has 0 aromatic heterocycles. The summed E-state index contributed by atoms with van der Waals surface area (Å²) >= 11 is 0. The molecule has 0 saturated heterocycles. The highest BCUT2D eigenvalue weighted by atomic mass is 16.6. The second-order valence-electron chi connectivity index (χ2n) is 3.35. The SMILES string of the molecule is CCC/C=N\NC(=O)c1ccc([N+](=O)[O-])cc1. The number of benzene rings is 1. The Morgan fingerprint density at radius 1 is 1.47 bits per heavy atom. The quantitative estimate of drug-likeness (QED) is 0.482. The highest BCUT2D eigenvalue weighted by molar-refractivity contribution is 5.94. The van der Waals surface area contributed by atoms with Gasteiger partial charge in [-0.3, -0.25) is 14.9 Å². The fourth-order valence-corrected chi connectivity index (χ4v) is 1.10. The van der Waals surface area contributed by atoms with Gasteiger partial charge in [0.25, 0.3) is 11.6 Å². The number of carbonyl (C=O) groups is 1. The molecule has 6 heteroatoms. The van der Waals surface area contributed by atoms with E-state index in [4.69, 9.17) is 0 Å². The number of unbranched alkanes of at least 4 members (excludes halogenated alkanes) is 1. The van der Waals surface area contributed by atoms with Crippen LogP contribution >= 0.6 is 0 Å². The number of hydrazone groups is 1. The minimum absolute atomic E-state index is 0.0453. The number of rotatable bonds is 5. The maximum Gasteiger partial charge on any atom is 0.271 e. The summed E-state index contributed by atoms with van der Waals surface area (Å²) in [6, 6.07) is 5.35. The Labute approximate surface area is 98.5 Å². The van der Waals surface area contributed by atoms with Gasteiger partial charge in [0.05, 0.1) is 4.92 Å². The van der Waals surface area contributed by atoms with E-state index >= 15 is 0 Å². The molecular formula is C11H13N3O3. The molecule has 0 atom stereocenters. The highest BCUT2D eigenvalue weighted by Gasteiger charge is 2.08. The van der Waals surface area contributed by atoms with E-state index in [0.717, 1.165) is 12.8 Å². The second kappa shape index (κ2) is 6.37. The number of nitrogens with one attached hydrogen (secondary N) is 1. The molecule has 0 saturated carbocycles. The van der Waals surface area contributed by atoms with Gasteiger partial charge in [-0.25, -0.2) is 5.43 Å². The molecule has 0 unspecified atom stereocenters. The molecule has 90 valence electrons. The minimum atomic E-state index is -0.513. The zero-order valence-corrected chi connectivity index (χ0v) is 9.42. The Bertz CT molecular complexity index is 426. The Hall–Kier alpha value is -2.24. The van der Waals surface area contributed by atoms with Gasteiger partial charge < -0.3 is 0 Å². The number of nitro benzene ring substituents is 1. The van der Waals surface area contributed by atoms with Crippen molar-refractivity contribution in [2.75, 3.05) is 0 Å². The van der Waals surface area contributed by atoms with Crippen molar-refractivity contribution in [1.82, 2.24) is 5.43 Å². The van der Waals surface area contributed by atoms with Gasteiger partial charge in [0.15, 0.2) is 0 Å². The molecule has 1 aromatic carbocycles. The Morgan fingerprint density at radius 2 is 2.12 bits per heavy atom. The van der Waals surface area contributed by atoms with Gasteiger partial charge in [-0.2, -0.15) is 5.10 Å². The number of hydrogen-bond acceptors (Lipinski definition) is 4. The number of nitrogens with zero attached hydrogens (tertiary/aromatic N) is 2. The van der Waals surface area contributed by atoms with Crippen molar-refractivity contribution in [2.45, 2.75) is 19.8 Å². The van der Waals surface area contributed by atoms with Crippen molar-refractivity contribution in [3.63, 3.8) is 0 Å². The van der Waals surface area contributed by atoms with Gasteiger partial charge in [-0.15, -0.1) is 0 Å². The van der Waals surface area contributed by atoms with Crippen LogP contribution in [0.4, 0.5) is 5.69 Å². The van der Waals surface area contributed by atoms with Gasteiger partial charge in [0, 0.05) is 23.9 Å². The third kappa shape index (κ3) is 4.02. The average Bonchev–Trinajstić information content (AvgIpc) is 2.34. The van der Waals surface area contributed by atoms with Crippen LogP contribution in [0, 0.1) is 10.1 Å². The van der Waals surface area contributed by atoms with E-state index in [0.29, 0.717) is 5.56 Å². The zero-order valence-electron chi connectivity index (χ0n) is 9.42.